The summed E-state index contributed by atoms with van der Waals surface area (Å²) in [6.45, 7) is 6.41. The van der Waals surface area contributed by atoms with Crippen LogP contribution in [0.1, 0.15) is 55.1 Å². The van der Waals surface area contributed by atoms with E-state index in [2.05, 4.69) is 30.1 Å². The Labute approximate surface area is 148 Å². The van der Waals surface area contributed by atoms with E-state index < -0.39 is 0 Å². The van der Waals surface area contributed by atoms with Crippen LogP contribution in [0.3, 0.4) is 0 Å². The molecule has 1 aromatic carbocycles. The molecular formula is C21H24N2O2. The number of aryl methyl sites for hydroxylation is 1. The quantitative estimate of drug-likeness (QED) is 0.898. The van der Waals surface area contributed by atoms with E-state index in [1.165, 1.54) is 11.1 Å². The second kappa shape index (κ2) is 5.58. The van der Waals surface area contributed by atoms with Gasteiger partial charge in [0.05, 0.1) is 12.8 Å². The lowest BCUT2D eigenvalue weighted by Gasteiger charge is -2.38. The van der Waals surface area contributed by atoms with Crippen molar-refractivity contribution in [2.24, 2.45) is 5.41 Å². The number of ether oxygens (including phenoxy) is 1. The number of nitrogens with one attached hydrogen (secondary N) is 1. The summed E-state index contributed by atoms with van der Waals surface area (Å²) in [7, 11) is 1.67. The number of aromatic nitrogens is 2. The highest BCUT2D eigenvalue weighted by molar-refractivity contribution is 6.00. The number of aromatic amines is 1. The van der Waals surface area contributed by atoms with Gasteiger partial charge in [0, 0.05) is 35.6 Å². The van der Waals surface area contributed by atoms with Gasteiger partial charge in [-0.2, -0.15) is 5.10 Å². The molecule has 1 unspecified atom stereocenters. The SMILES string of the molecule is COc1cccc(C2C3=C(Cc4n[nH]c(C)c42)CC(C)(C)CC3=O)c1. The zero-order chi connectivity index (χ0) is 17.8. The summed E-state index contributed by atoms with van der Waals surface area (Å²) in [4.78, 5) is 13.1. The molecule has 1 atom stereocenters. The zero-order valence-corrected chi connectivity index (χ0v) is 15.3. The molecule has 0 radical (unpaired) electrons. The van der Waals surface area contributed by atoms with Crippen LogP contribution in [-0.2, 0) is 11.2 Å². The van der Waals surface area contributed by atoms with Crippen molar-refractivity contribution in [3.8, 4) is 5.75 Å². The fourth-order valence-electron chi connectivity index (χ4n) is 4.49. The first kappa shape index (κ1) is 16.1. The number of rotatable bonds is 2. The molecule has 2 aliphatic carbocycles. The lowest BCUT2D eigenvalue weighted by molar-refractivity contribution is -0.118. The number of hydrogen-bond donors (Lipinski definition) is 1. The van der Waals surface area contributed by atoms with Crippen molar-refractivity contribution in [2.45, 2.75) is 46.0 Å². The molecule has 0 amide bonds. The molecule has 1 heterocycles. The van der Waals surface area contributed by atoms with Gasteiger partial charge in [0.15, 0.2) is 5.78 Å². The summed E-state index contributed by atoms with van der Waals surface area (Å²) >= 11 is 0. The van der Waals surface area contributed by atoms with Crippen LogP contribution in [0.5, 0.6) is 5.75 Å². The zero-order valence-electron chi connectivity index (χ0n) is 15.3. The monoisotopic (exact) mass is 336 g/mol. The first-order chi connectivity index (χ1) is 11.9. The van der Waals surface area contributed by atoms with E-state index in [0.29, 0.717) is 6.42 Å². The smallest absolute Gasteiger partial charge is 0.160 e. The number of Topliss-reactive ketones (excluding diaryl/α,β-unsaturated/α-hetero) is 1. The first-order valence-corrected chi connectivity index (χ1v) is 8.82. The number of hydrogen-bond acceptors (Lipinski definition) is 3. The summed E-state index contributed by atoms with van der Waals surface area (Å²) in [6, 6.07) is 8.07. The Balaban J connectivity index is 1.93. The molecule has 130 valence electrons. The van der Waals surface area contributed by atoms with Gasteiger partial charge in [-0.25, -0.2) is 0 Å². The topological polar surface area (TPSA) is 55.0 Å². The maximum atomic E-state index is 13.1. The van der Waals surface area contributed by atoms with Crippen LogP contribution >= 0.6 is 0 Å². The highest BCUT2D eigenvalue weighted by Gasteiger charge is 2.41. The van der Waals surface area contributed by atoms with Crippen molar-refractivity contribution in [2.75, 3.05) is 7.11 Å². The second-order valence-electron chi connectivity index (χ2n) is 8.05. The molecular weight excluding hydrogens is 312 g/mol. The maximum absolute atomic E-state index is 13.1. The molecule has 0 saturated heterocycles. The van der Waals surface area contributed by atoms with E-state index in [1.807, 2.05) is 25.1 Å². The molecule has 0 fully saturated rings. The van der Waals surface area contributed by atoms with Crippen LogP contribution in [0.2, 0.25) is 0 Å². The fraction of sp³-hybridized carbons (Fsp3) is 0.429. The van der Waals surface area contributed by atoms with Crippen LogP contribution in [0, 0.1) is 12.3 Å². The minimum absolute atomic E-state index is 0.0255. The molecule has 4 rings (SSSR count). The van der Waals surface area contributed by atoms with Gasteiger partial charge in [0.25, 0.3) is 0 Å². The molecule has 1 aromatic heterocycles. The van der Waals surface area contributed by atoms with E-state index >= 15 is 0 Å². The Morgan fingerprint density at radius 1 is 1.28 bits per heavy atom. The maximum Gasteiger partial charge on any atom is 0.160 e. The normalized spacial score (nSPS) is 21.8. The van der Waals surface area contributed by atoms with E-state index in [1.54, 1.807) is 7.11 Å². The van der Waals surface area contributed by atoms with Crippen LogP contribution in [0.4, 0.5) is 0 Å². The lowest BCUT2D eigenvalue weighted by Crippen LogP contribution is -2.32. The van der Waals surface area contributed by atoms with Gasteiger partial charge in [-0.3, -0.25) is 9.89 Å². The number of benzene rings is 1. The first-order valence-electron chi connectivity index (χ1n) is 8.82. The van der Waals surface area contributed by atoms with E-state index in [4.69, 9.17) is 4.74 Å². The number of carbonyl (C=O) groups is 1. The van der Waals surface area contributed by atoms with Crippen LogP contribution in [0.25, 0.3) is 0 Å². The van der Waals surface area contributed by atoms with Crippen molar-refractivity contribution in [1.82, 2.24) is 10.2 Å². The van der Waals surface area contributed by atoms with Crippen LogP contribution < -0.4 is 4.74 Å². The Hall–Kier alpha value is -2.36. The lowest BCUT2D eigenvalue weighted by atomic mass is 9.65. The Morgan fingerprint density at radius 3 is 2.84 bits per heavy atom. The summed E-state index contributed by atoms with van der Waals surface area (Å²) in [5.74, 6) is 1.05. The Kier molecular flexibility index (Phi) is 3.60. The van der Waals surface area contributed by atoms with Crippen molar-refractivity contribution in [3.63, 3.8) is 0 Å². The molecule has 2 aromatic rings. The minimum Gasteiger partial charge on any atom is -0.497 e. The van der Waals surface area contributed by atoms with Crippen molar-refractivity contribution in [3.05, 3.63) is 57.9 Å². The third kappa shape index (κ3) is 2.60. The largest absolute Gasteiger partial charge is 0.497 e. The Bertz CT molecular complexity index is 889. The number of methoxy groups -OCH3 is 1. The van der Waals surface area contributed by atoms with Gasteiger partial charge in [-0.15, -0.1) is 0 Å². The molecule has 0 saturated carbocycles. The predicted molar refractivity (Wildman–Crippen MR) is 96.9 cm³/mol. The van der Waals surface area contributed by atoms with E-state index in [9.17, 15) is 4.79 Å². The molecule has 0 spiro atoms. The molecule has 0 aliphatic heterocycles. The van der Waals surface area contributed by atoms with Crippen LogP contribution in [0.15, 0.2) is 35.4 Å². The molecule has 1 N–H and O–H groups in total. The average molecular weight is 336 g/mol. The van der Waals surface area contributed by atoms with Gasteiger partial charge in [-0.1, -0.05) is 31.6 Å². The number of nitrogens with zero attached hydrogens (tertiary/aromatic N) is 1. The molecule has 4 heteroatoms. The molecule has 4 nitrogen and oxygen atoms in total. The van der Waals surface area contributed by atoms with Gasteiger partial charge < -0.3 is 4.74 Å². The van der Waals surface area contributed by atoms with Crippen LogP contribution in [-0.4, -0.2) is 23.1 Å². The number of fused-ring (bicyclic) bond motifs is 1. The third-order valence-corrected chi connectivity index (χ3v) is 5.47. The molecule has 0 bridgehead atoms. The minimum atomic E-state index is -0.0452. The highest BCUT2D eigenvalue weighted by Crippen LogP contribution is 2.49. The van der Waals surface area contributed by atoms with Crippen molar-refractivity contribution < 1.29 is 9.53 Å². The average Bonchev–Trinajstić information content (AvgIpc) is 2.92. The predicted octanol–water partition coefficient (Wildman–Crippen LogP) is 4.10. The summed E-state index contributed by atoms with van der Waals surface area (Å²) in [6.07, 6.45) is 2.35. The summed E-state index contributed by atoms with van der Waals surface area (Å²) in [5, 5.41) is 7.67. The van der Waals surface area contributed by atoms with Gasteiger partial charge in [-0.05, 0) is 36.5 Å². The van der Waals surface area contributed by atoms with E-state index in [0.717, 1.165) is 41.1 Å². The van der Waals surface area contributed by atoms with Crippen molar-refractivity contribution in [1.29, 1.82) is 0 Å². The standard InChI is InChI=1S/C21H24N2O2/c1-12-18-16(23-22-12)9-14-10-21(2,3)11-17(24)19(14)20(18)13-6-5-7-15(8-13)25-4/h5-8,20H,9-11H2,1-4H3,(H,22,23). The Morgan fingerprint density at radius 2 is 2.08 bits per heavy atom. The second-order valence-corrected chi connectivity index (χ2v) is 8.05. The fourth-order valence-corrected chi connectivity index (χ4v) is 4.49. The number of allylic oxidation sites excluding steroid dienone is 2. The van der Waals surface area contributed by atoms with Crippen molar-refractivity contribution >= 4 is 5.78 Å². The van der Waals surface area contributed by atoms with E-state index in [-0.39, 0.29) is 17.1 Å². The summed E-state index contributed by atoms with van der Waals surface area (Å²) < 4.78 is 5.42. The third-order valence-electron chi connectivity index (χ3n) is 5.47. The number of carbonyl (C=O) groups excluding carboxylic acids is 1. The van der Waals surface area contributed by atoms with Gasteiger partial charge in [0.1, 0.15) is 5.75 Å². The highest BCUT2D eigenvalue weighted by atomic mass is 16.5. The molecule has 25 heavy (non-hydrogen) atoms. The number of ketones is 1. The summed E-state index contributed by atoms with van der Waals surface area (Å²) in [5.41, 5.74) is 6.67. The van der Waals surface area contributed by atoms with Gasteiger partial charge in [0.2, 0.25) is 0 Å². The molecule has 2 aliphatic rings. The van der Waals surface area contributed by atoms with Gasteiger partial charge >= 0.3 is 0 Å². The number of H-pyrrole nitrogens is 1.